The zero-order valence-electron chi connectivity index (χ0n) is 13.0. The number of thioether (sulfide) groups is 1. The number of hydrogen-bond donors (Lipinski definition) is 1. The van der Waals surface area contributed by atoms with Crippen LogP contribution in [-0.4, -0.2) is 53.5 Å². The molecule has 0 spiro atoms. The van der Waals surface area contributed by atoms with E-state index in [2.05, 4.69) is 45.8 Å². The van der Waals surface area contributed by atoms with Gasteiger partial charge < -0.3 is 10.2 Å². The van der Waals surface area contributed by atoms with Crippen molar-refractivity contribution in [3.8, 4) is 0 Å². The second-order valence-electron chi connectivity index (χ2n) is 4.94. The standard InChI is InChI=1S/C14H24N4S2.HI/c1-4-12-10-18(7-8-19-12)14(15-3)16-6-5-13-17-9-11(2)20-13;/h9,12H,4-8,10H2,1-3H3,(H,15,16);1H. The van der Waals surface area contributed by atoms with Gasteiger partial charge in [-0.2, -0.15) is 11.8 Å². The normalized spacial score (nSPS) is 19.3. The second-order valence-corrected chi connectivity index (χ2v) is 7.66. The van der Waals surface area contributed by atoms with Crippen LogP contribution in [0.5, 0.6) is 0 Å². The highest BCUT2D eigenvalue weighted by atomic mass is 127. The van der Waals surface area contributed by atoms with E-state index in [0.29, 0.717) is 0 Å². The Hall–Kier alpha value is -0.0200. The number of aryl methyl sites for hydroxylation is 1. The molecule has 0 saturated carbocycles. The van der Waals surface area contributed by atoms with Gasteiger partial charge in [-0.1, -0.05) is 6.92 Å². The first kappa shape index (κ1) is 19.0. The van der Waals surface area contributed by atoms with Crippen molar-refractivity contribution in [3.63, 3.8) is 0 Å². The van der Waals surface area contributed by atoms with Gasteiger partial charge in [0.1, 0.15) is 0 Å². The van der Waals surface area contributed by atoms with Crippen LogP contribution in [0, 0.1) is 6.92 Å². The van der Waals surface area contributed by atoms with Crippen LogP contribution in [-0.2, 0) is 6.42 Å². The molecule has 0 radical (unpaired) electrons. The monoisotopic (exact) mass is 440 g/mol. The highest BCUT2D eigenvalue weighted by Crippen LogP contribution is 2.21. The summed E-state index contributed by atoms with van der Waals surface area (Å²) >= 11 is 3.86. The van der Waals surface area contributed by atoms with E-state index in [4.69, 9.17) is 0 Å². The zero-order chi connectivity index (χ0) is 14.4. The van der Waals surface area contributed by atoms with Crippen molar-refractivity contribution in [2.24, 2.45) is 4.99 Å². The number of halogens is 1. The molecule has 0 amide bonds. The molecule has 1 unspecified atom stereocenters. The fourth-order valence-electron chi connectivity index (χ4n) is 2.29. The molecule has 0 aromatic carbocycles. The van der Waals surface area contributed by atoms with Crippen molar-refractivity contribution < 1.29 is 0 Å². The first-order chi connectivity index (χ1) is 9.72. The zero-order valence-corrected chi connectivity index (χ0v) is 16.9. The predicted molar refractivity (Wildman–Crippen MR) is 105 cm³/mol. The Balaban J connectivity index is 0.00000220. The van der Waals surface area contributed by atoms with E-state index in [9.17, 15) is 0 Å². The third kappa shape index (κ3) is 5.94. The van der Waals surface area contributed by atoms with E-state index in [1.54, 1.807) is 11.3 Å². The molecule has 1 atom stereocenters. The Kier molecular flexibility index (Phi) is 8.96. The minimum absolute atomic E-state index is 0. The van der Waals surface area contributed by atoms with Crippen LogP contribution < -0.4 is 5.32 Å². The highest BCUT2D eigenvalue weighted by Gasteiger charge is 2.21. The number of guanidine groups is 1. The summed E-state index contributed by atoms with van der Waals surface area (Å²) in [5, 5.41) is 5.41. The molecule has 1 saturated heterocycles. The molecular weight excluding hydrogens is 415 g/mol. The van der Waals surface area contributed by atoms with Gasteiger partial charge in [0.15, 0.2) is 5.96 Å². The molecule has 1 aromatic rings. The Bertz CT molecular complexity index is 450. The maximum atomic E-state index is 4.42. The fourth-order valence-corrected chi connectivity index (χ4v) is 4.26. The molecule has 1 aliphatic heterocycles. The molecule has 2 rings (SSSR count). The number of nitrogens with one attached hydrogen (secondary N) is 1. The van der Waals surface area contributed by atoms with E-state index in [-0.39, 0.29) is 24.0 Å². The lowest BCUT2D eigenvalue weighted by molar-refractivity contribution is 0.408. The van der Waals surface area contributed by atoms with E-state index < -0.39 is 0 Å². The summed E-state index contributed by atoms with van der Waals surface area (Å²) in [4.78, 5) is 12.5. The van der Waals surface area contributed by atoms with E-state index in [1.807, 2.05) is 13.2 Å². The second kappa shape index (κ2) is 9.89. The third-order valence-electron chi connectivity index (χ3n) is 3.40. The van der Waals surface area contributed by atoms with E-state index >= 15 is 0 Å². The molecule has 0 bridgehead atoms. The lowest BCUT2D eigenvalue weighted by Crippen LogP contribution is -2.48. The maximum Gasteiger partial charge on any atom is 0.193 e. The van der Waals surface area contributed by atoms with E-state index in [1.165, 1.54) is 22.1 Å². The van der Waals surface area contributed by atoms with Crippen LogP contribution in [0.4, 0.5) is 0 Å². The van der Waals surface area contributed by atoms with Gasteiger partial charge in [0, 0.05) is 55.2 Å². The molecule has 7 heteroatoms. The van der Waals surface area contributed by atoms with Crippen molar-refractivity contribution >= 4 is 53.0 Å². The Labute approximate surface area is 153 Å². The minimum Gasteiger partial charge on any atom is -0.356 e. The topological polar surface area (TPSA) is 40.5 Å². The van der Waals surface area contributed by atoms with Crippen LogP contribution in [0.1, 0.15) is 23.2 Å². The summed E-state index contributed by atoms with van der Waals surface area (Å²) < 4.78 is 0. The summed E-state index contributed by atoms with van der Waals surface area (Å²) in [5.74, 6) is 2.24. The van der Waals surface area contributed by atoms with Crippen LogP contribution in [0.15, 0.2) is 11.2 Å². The average Bonchev–Trinajstić information content (AvgIpc) is 2.89. The molecule has 2 heterocycles. The largest absolute Gasteiger partial charge is 0.356 e. The number of hydrogen-bond acceptors (Lipinski definition) is 4. The number of thiazole rings is 1. The molecular formula is C14H25IN4S2. The Morgan fingerprint density at radius 2 is 2.38 bits per heavy atom. The van der Waals surface area contributed by atoms with Gasteiger partial charge in [-0.3, -0.25) is 4.99 Å². The Morgan fingerprint density at radius 1 is 1.57 bits per heavy atom. The maximum absolute atomic E-state index is 4.42. The molecule has 120 valence electrons. The molecule has 21 heavy (non-hydrogen) atoms. The van der Waals surface area contributed by atoms with Gasteiger partial charge in [-0.15, -0.1) is 35.3 Å². The molecule has 1 N–H and O–H groups in total. The van der Waals surface area contributed by atoms with Crippen molar-refractivity contribution in [2.75, 3.05) is 32.4 Å². The van der Waals surface area contributed by atoms with Gasteiger partial charge in [-0.05, 0) is 13.3 Å². The van der Waals surface area contributed by atoms with Gasteiger partial charge in [0.05, 0.1) is 5.01 Å². The molecule has 1 fully saturated rings. The number of nitrogens with zero attached hydrogens (tertiary/aromatic N) is 3. The molecule has 4 nitrogen and oxygen atoms in total. The van der Waals surface area contributed by atoms with Crippen molar-refractivity contribution in [1.82, 2.24) is 15.2 Å². The molecule has 1 aliphatic rings. The number of aromatic nitrogens is 1. The first-order valence-corrected chi connectivity index (χ1v) is 9.08. The summed E-state index contributed by atoms with van der Waals surface area (Å²) in [6.45, 7) is 7.47. The summed E-state index contributed by atoms with van der Waals surface area (Å²) in [6, 6.07) is 0. The van der Waals surface area contributed by atoms with Gasteiger partial charge in [0.25, 0.3) is 0 Å². The van der Waals surface area contributed by atoms with Crippen LogP contribution in [0.25, 0.3) is 0 Å². The van der Waals surface area contributed by atoms with Gasteiger partial charge in [0.2, 0.25) is 0 Å². The highest BCUT2D eigenvalue weighted by molar-refractivity contribution is 14.0. The summed E-state index contributed by atoms with van der Waals surface area (Å²) in [5.41, 5.74) is 0. The van der Waals surface area contributed by atoms with Gasteiger partial charge in [-0.25, -0.2) is 4.98 Å². The minimum atomic E-state index is 0. The van der Waals surface area contributed by atoms with E-state index in [0.717, 1.165) is 37.3 Å². The SMILES string of the molecule is CCC1CN(C(=NC)NCCc2ncc(C)s2)CCS1.I. The average molecular weight is 440 g/mol. The lowest BCUT2D eigenvalue weighted by atomic mass is 10.3. The lowest BCUT2D eigenvalue weighted by Gasteiger charge is -2.34. The van der Waals surface area contributed by atoms with Crippen molar-refractivity contribution in [3.05, 3.63) is 16.1 Å². The van der Waals surface area contributed by atoms with Crippen molar-refractivity contribution in [1.29, 1.82) is 0 Å². The smallest absolute Gasteiger partial charge is 0.193 e. The molecule has 0 aliphatic carbocycles. The van der Waals surface area contributed by atoms with Crippen LogP contribution in [0.2, 0.25) is 0 Å². The number of aliphatic imine (C=N–C) groups is 1. The summed E-state index contributed by atoms with van der Waals surface area (Å²) in [7, 11) is 1.87. The molecule has 1 aromatic heterocycles. The van der Waals surface area contributed by atoms with Crippen LogP contribution >= 0.6 is 47.1 Å². The van der Waals surface area contributed by atoms with Crippen molar-refractivity contribution in [2.45, 2.75) is 31.9 Å². The first-order valence-electron chi connectivity index (χ1n) is 7.21. The Morgan fingerprint density at radius 3 is 3.00 bits per heavy atom. The number of rotatable bonds is 4. The summed E-state index contributed by atoms with van der Waals surface area (Å²) in [6.07, 6.45) is 4.15. The third-order valence-corrected chi connectivity index (χ3v) is 5.74. The fraction of sp³-hybridized carbons (Fsp3) is 0.714. The predicted octanol–water partition coefficient (Wildman–Crippen LogP) is 3.01. The van der Waals surface area contributed by atoms with Crippen LogP contribution in [0.3, 0.4) is 0 Å². The van der Waals surface area contributed by atoms with Gasteiger partial charge >= 0.3 is 0 Å². The quantitative estimate of drug-likeness (QED) is 0.444.